The van der Waals surface area contributed by atoms with Gasteiger partial charge in [-0.15, -0.1) is 12.4 Å². The average Bonchev–Trinajstić information content (AvgIpc) is 3.23. The Morgan fingerprint density at radius 1 is 1.25 bits per heavy atom. The Morgan fingerprint density at radius 3 is 2.54 bits per heavy atom. The van der Waals surface area contributed by atoms with Gasteiger partial charge in [0, 0.05) is 24.5 Å². The van der Waals surface area contributed by atoms with Gasteiger partial charge >= 0.3 is 10.0 Å². The molecule has 28 heavy (non-hydrogen) atoms. The molecule has 1 N–H and O–H groups in total. The van der Waals surface area contributed by atoms with E-state index in [9.17, 15) is 26.0 Å². The first kappa shape index (κ1) is 21.9. The van der Waals surface area contributed by atoms with Crippen LogP contribution >= 0.6 is 12.4 Å². The zero-order chi connectivity index (χ0) is 19.8. The molecular formula is C16H14ClF4N3O3S. The Kier molecular flexibility index (Phi) is 6.52. The van der Waals surface area contributed by atoms with Crippen LogP contribution in [-0.4, -0.2) is 24.4 Å². The molecule has 0 saturated heterocycles. The van der Waals surface area contributed by atoms with Gasteiger partial charge in [0.1, 0.15) is 5.69 Å². The summed E-state index contributed by atoms with van der Waals surface area (Å²) in [6.45, 7) is -0.0519. The third kappa shape index (κ3) is 3.77. The van der Waals surface area contributed by atoms with E-state index in [0.717, 1.165) is 30.6 Å². The zero-order valence-electron chi connectivity index (χ0n) is 14.2. The maximum atomic E-state index is 14.9. The van der Waals surface area contributed by atoms with Gasteiger partial charge in [-0.1, -0.05) is 0 Å². The second-order valence-corrected chi connectivity index (χ2v) is 7.19. The summed E-state index contributed by atoms with van der Waals surface area (Å²) in [5, 5.41) is 1.84. The molecule has 0 radical (unpaired) electrons. The van der Waals surface area contributed by atoms with Crippen molar-refractivity contribution in [2.75, 3.05) is 7.05 Å². The van der Waals surface area contributed by atoms with E-state index in [1.165, 1.54) is 13.1 Å². The monoisotopic (exact) mass is 439 g/mol. The lowest BCUT2D eigenvalue weighted by atomic mass is 10.2. The summed E-state index contributed by atoms with van der Waals surface area (Å²) in [6.07, 6.45) is -0.965. The lowest BCUT2D eigenvalue weighted by Gasteiger charge is -2.09. The topological polar surface area (TPSA) is 77.1 Å². The molecule has 0 bridgehead atoms. The van der Waals surface area contributed by atoms with Gasteiger partial charge in [-0.2, -0.15) is 12.8 Å². The lowest BCUT2D eigenvalue weighted by molar-refractivity contribution is 0.116. The van der Waals surface area contributed by atoms with Crippen molar-refractivity contribution in [1.82, 2.24) is 14.3 Å². The SMILES string of the molecule is CNCc1cn(S(=O)(=O)c2ccc(C(F)F)o2)c(-c2cccnc2F)c1F.Cl. The molecule has 0 unspecified atom stereocenters. The predicted molar refractivity (Wildman–Crippen MR) is 93.8 cm³/mol. The summed E-state index contributed by atoms with van der Waals surface area (Å²) in [6, 6.07) is 4.09. The number of aromatic nitrogens is 2. The van der Waals surface area contributed by atoms with E-state index in [2.05, 4.69) is 14.7 Å². The van der Waals surface area contributed by atoms with Crippen molar-refractivity contribution in [3.8, 4) is 11.3 Å². The number of rotatable bonds is 6. The van der Waals surface area contributed by atoms with Crippen LogP contribution in [0.1, 0.15) is 17.7 Å². The van der Waals surface area contributed by atoms with Crippen molar-refractivity contribution < 1.29 is 30.4 Å². The Hall–Kier alpha value is -2.37. The zero-order valence-corrected chi connectivity index (χ0v) is 15.8. The van der Waals surface area contributed by atoms with Gasteiger partial charge < -0.3 is 9.73 Å². The Morgan fingerprint density at radius 2 is 1.96 bits per heavy atom. The highest BCUT2D eigenvalue weighted by molar-refractivity contribution is 7.89. The van der Waals surface area contributed by atoms with E-state index in [4.69, 9.17) is 0 Å². The molecule has 0 spiro atoms. The van der Waals surface area contributed by atoms with Crippen LogP contribution in [0.2, 0.25) is 0 Å². The highest BCUT2D eigenvalue weighted by Crippen LogP contribution is 2.33. The third-order valence-electron chi connectivity index (χ3n) is 3.70. The quantitative estimate of drug-likeness (QED) is 0.467. The maximum absolute atomic E-state index is 14.9. The summed E-state index contributed by atoms with van der Waals surface area (Å²) in [5.74, 6) is -2.93. The molecule has 0 amide bonds. The van der Waals surface area contributed by atoms with Gasteiger partial charge in [-0.25, -0.2) is 22.1 Å². The van der Waals surface area contributed by atoms with Crippen LogP contribution in [-0.2, 0) is 16.6 Å². The Labute approximate surface area is 163 Å². The first-order chi connectivity index (χ1) is 12.8. The molecule has 3 rings (SSSR count). The smallest absolute Gasteiger partial charge is 0.301 e. The van der Waals surface area contributed by atoms with Crippen LogP contribution in [0.3, 0.4) is 0 Å². The summed E-state index contributed by atoms with van der Waals surface area (Å²) in [5.41, 5.74) is -1.08. The summed E-state index contributed by atoms with van der Waals surface area (Å²) in [7, 11) is -3.10. The molecule has 0 saturated carbocycles. The molecular weight excluding hydrogens is 426 g/mol. The van der Waals surface area contributed by atoms with E-state index in [0.29, 0.717) is 3.97 Å². The van der Waals surface area contributed by atoms with Crippen molar-refractivity contribution in [1.29, 1.82) is 0 Å². The summed E-state index contributed by atoms with van der Waals surface area (Å²) in [4.78, 5) is 3.40. The third-order valence-corrected chi connectivity index (χ3v) is 5.23. The second-order valence-electron chi connectivity index (χ2n) is 5.45. The number of hydrogen-bond acceptors (Lipinski definition) is 5. The van der Waals surface area contributed by atoms with Gasteiger partial charge in [-0.3, -0.25) is 0 Å². The van der Waals surface area contributed by atoms with Gasteiger partial charge in [-0.05, 0) is 31.3 Å². The molecule has 152 valence electrons. The lowest BCUT2D eigenvalue weighted by Crippen LogP contribution is -2.13. The van der Waals surface area contributed by atoms with E-state index < -0.39 is 50.3 Å². The highest BCUT2D eigenvalue weighted by atomic mass is 35.5. The number of nitrogens with one attached hydrogen (secondary N) is 1. The standard InChI is InChI=1S/C16H13F4N3O3S.ClH/c1-21-7-9-8-23(14(13(9)17)10-3-2-6-22-16(10)20)27(24,25)12-5-4-11(26-12)15(18)19;/h2-6,8,15,21H,7H2,1H3;1H. The highest BCUT2D eigenvalue weighted by Gasteiger charge is 2.31. The minimum atomic E-state index is -4.61. The molecule has 0 aliphatic heterocycles. The van der Waals surface area contributed by atoms with Crippen LogP contribution in [0.15, 0.2) is 46.2 Å². The van der Waals surface area contributed by atoms with Gasteiger partial charge in [0.25, 0.3) is 6.43 Å². The fourth-order valence-corrected chi connectivity index (χ4v) is 3.82. The molecule has 0 atom stereocenters. The van der Waals surface area contributed by atoms with Crippen LogP contribution in [0.25, 0.3) is 11.3 Å². The molecule has 3 aromatic rings. The molecule has 3 aromatic heterocycles. The van der Waals surface area contributed by atoms with Crippen LogP contribution in [0.4, 0.5) is 17.6 Å². The Bertz CT molecular complexity index is 1080. The number of furan rings is 1. The molecule has 0 fully saturated rings. The second kappa shape index (κ2) is 8.33. The summed E-state index contributed by atoms with van der Waals surface area (Å²) >= 11 is 0. The minimum absolute atomic E-state index is 0. The number of alkyl halides is 2. The first-order valence-electron chi connectivity index (χ1n) is 7.56. The number of nitrogens with zero attached hydrogens (tertiary/aromatic N) is 2. The number of halogens is 5. The molecule has 6 nitrogen and oxygen atoms in total. The fraction of sp³-hybridized carbons (Fsp3) is 0.188. The van der Waals surface area contributed by atoms with Gasteiger partial charge in [0.15, 0.2) is 11.6 Å². The van der Waals surface area contributed by atoms with Crippen molar-refractivity contribution in [2.45, 2.75) is 18.1 Å². The largest absolute Gasteiger partial charge is 0.442 e. The molecule has 3 heterocycles. The first-order valence-corrected chi connectivity index (χ1v) is 9.00. The number of hydrogen-bond donors (Lipinski definition) is 1. The maximum Gasteiger partial charge on any atom is 0.301 e. The van der Waals surface area contributed by atoms with E-state index in [1.807, 2.05) is 0 Å². The molecule has 12 heteroatoms. The van der Waals surface area contributed by atoms with Crippen molar-refractivity contribution in [2.24, 2.45) is 0 Å². The van der Waals surface area contributed by atoms with E-state index in [-0.39, 0.29) is 24.5 Å². The minimum Gasteiger partial charge on any atom is -0.442 e. The molecule has 0 aliphatic carbocycles. The van der Waals surface area contributed by atoms with Crippen molar-refractivity contribution >= 4 is 22.4 Å². The van der Waals surface area contributed by atoms with Gasteiger partial charge in [0.05, 0.1) is 5.56 Å². The molecule has 0 aromatic carbocycles. The average molecular weight is 440 g/mol. The predicted octanol–water partition coefficient (Wildman–Crippen LogP) is 3.74. The van der Waals surface area contributed by atoms with Crippen molar-refractivity contribution in [3.63, 3.8) is 0 Å². The van der Waals surface area contributed by atoms with Gasteiger partial charge in [0.2, 0.25) is 11.0 Å². The van der Waals surface area contributed by atoms with Crippen LogP contribution in [0.5, 0.6) is 0 Å². The van der Waals surface area contributed by atoms with Crippen LogP contribution < -0.4 is 5.32 Å². The van der Waals surface area contributed by atoms with Crippen LogP contribution in [0, 0.1) is 11.8 Å². The van der Waals surface area contributed by atoms with E-state index in [1.54, 1.807) is 0 Å². The van der Waals surface area contributed by atoms with Crippen molar-refractivity contribution in [3.05, 3.63) is 59.7 Å². The normalized spacial score (nSPS) is 11.6. The summed E-state index contributed by atoms with van der Waals surface area (Å²) < 4.78 is 85.2. The Balaban J connectivity index is 0.00000280. The van der Waals surface area contributed by atoms with E-state index >= 15 is 0 Å². The fourth-order valence-electron chi connectivity index (χ4n) is 2.50. The number of pyridine rings is 1. The molecule has 0 aliphatic rings.